The summed E-state index contributed by atoms with van der Waals surface area (Å²) in [5, 5.41) is 9.09. The number of benzene rings is 1. The van der Waals surface area contributed by atoms with Gasteiger partial charge in [-0.05, 0) is 31.9 Å². The van der Waals surface area contributed by atoms with Crippen LogP contribution in [0, 0.1) is 12.7 Å². The highest BCUT2D eigenvalue weighted by atomic mass is 32.2. The van der Waals surface area contributed by atoms with Crippen molar-refractivity contribution in [2.75, 3.05) is 12.3 Å². The molecule has 1 saturated carbocycles. The van der Waals surface area contributed by atoms with Crippen molar-refractivity contribution in [1.29, 1.82) is 0 Å². The molecule has 1 fully saturated rings. The van der Waals surface area contributed by atoms with Crippen LogP contribution in [0.4, 0.5) is 10.1 Å². The summed E-state index contributed by atoms with van der Waals surface area (Å²) in [7, 11) is -3.86. The zero-order chi connectivity index (χ0) is 13.6. The molecule has 1 aromatic rings. The smallest absolute Gasteiger partial charge is 0.241 e. The van der Waals surface area contributed by atoms with E-state index in [9.17, 15) is 12.8 Å². The predicted octanol–water partition coefficient (Wildman–Crippen LogP) is 0.520. The average Bonchev–Trinajstić information content (AvgIpc) is 3.05. The maximum Gasteiger partial charge on any atom is 0.241 e. The minimum absolute atomic E-state index is 0.0872. The van der Waals surface area contributed by atoms with Gasteiger partial charge < -0.3 is 10.8 Å². The van der Waals surface area contributed by atoms with Crippen molar-refractivity contribution in [3.63, 3.8) is 0 Å². The van der Waals surface area contributed by atoms with Gasteiger partial charge in [0, 0.05) is 11.3 Å². The molecule has 0 aliphatic heterocycles. The van der Waals surface area contributed by atoms with Gasteiger partial charge in [0.2, 0.25) is 10.0 Å². The number of aliphatic hydroxyl groups is 1. The standard InChI is InChI=1S/C11H15FN2O3S/c1-7-9(12)4-8(5-10(7)13)18(16,17)14-11(6-15)2-3-11/h4-5,14-15H,2-3,6,13H2,1H3. The van der Waals surface area contributed by atoms with Gasteiger partial charge in [-0.25, -0.2) is 17.5 Å². The van der Waals surface area contributed by atoms with Crippen molar-refractivity contribution < 1.29 is 17.9 Å². The summed E-state index contributed by atoms with van der Waals surface area (Å²) in [6.07, 6.45) is 1.15. The van der Waals surface area contributed by atoms with Crippen molar-refractivity contribution in [1.82, 2.24) is 4.72 Å². The van der Waals surface area contributed by atoms with Crippen LogP contribution < -0.4 is 10.5 Å². The van der Waals surface area contributed by atoms with Crippen LogP contribution in [0.3, 0.4) is 0 Å². The van der Waals surface area contributed by atoms with Crippen LogP contribution in [0.15, 0.2) is 17.0 Å². The van der Waals surface area contributed by atoms with Gasteiger partial charge in [-0.15, -0.1) is 0 Å². The molecule has 18 heavy (non-hydrogen) atoms. The molecule has 0 atom stereocenters. The Morgan fingerprint density at radius 3 is 2.56 bits per heavy atom. The second-order valence-electron chi connectivity index (χ2n) is 4.66. The van der Waals surface area contributed by atoms with E-state index in [1.54, 1.807) is 0 Å². The van der Waals surface area contributed by atoms with Crippen LogP contribution in [0.5, 0.6) is 0 Å². The molecule has 0 saturated heterocycles. The summed E-state index contributed by atoms with van der Waals surface area (Å²) in [5.74, 6) is -0.663. The van der Waals surface area contributed by atoms with Crippen molar-refractivity contribution in [3.8, 4) is 0 Å². The third kappa shape index (κ3) is 2.33. The first-order valence-electron chi connectivity index (χ1n) is 5.50. The van der Waals surface area contributed by atoms with Gasteiger partial charge >= 0.3 is 0 Å². The lowest BCUT2D eigenvalue weighted by Crippen LogP contribution is -2.39. The fraction of sp³-hybridized carbons (Fsp3) is 0.455. The lowest BCUT2D eigenvalue weighted by atomic mass is 10.2. The SMILES string of the molecule is Cc1c(N)cc(S(=O)(=O)NC2(CO)CC2)cc1F. The zero-order valence-electron chi connectivity index (χ0n) is 9.90. The molecule has 0 unspecified atom stereocenters. The van der Waals surface area contributed by atoms with Crippen molar-refractivity contribution in [2.24, 2.45) is 0 Å². The number of nitrogens with one attached hydrogen (secondary N) is 1. The molecule has 0 aromatic heterocycles. The number of rotatable bonds is 4. The molecule has 100 valence electrons. The summed E-state index contributed by atoms with van der Waals surface area (Å²) < 4.78 is 39.9. The number of aliphatic hydroxyl groups excluding tert-OH is 1. The molecule has 5 nitrogen and oxygen atoms in total. The number of sulfonamides is 1. The van der Waals surface area contributed by atoms with Gasteiger partial charge in [-0.2, -0.15) is 0 Å². The highest BCUT2D eigenvalue weighted by Gasteiger charge is 2.45. The molecular formula is C11H15FN2O3S. The number of hydrogen-bond donors (Lipinski definition) is 3. The summed E-state index contributed by atoms with van der Waals surface area (Å²) in [6, 6.07) is 2.15. The lowest BCUT2D eigenvalue weighted by molar-refractivity contribution is 0.246. The van der Waals surface area contributed by atoms with Gasteiger partial charge in [0.25, 0.3) is 0 Å². The van der Waals surface area contributed by atoms with Crippen LogP contribution in [0.1, 0.15) is 18.4 Å². The Labute approximate surface area is 105 Å². The summed E-state index contributed by atoms with van der Waals surface area (Å²) >= 11 is 0. The maximum absolute atomic E-state index is 13.5. The Kier molecular flexibility index (Phi) is 3.08. The Morgan fingerprint density at radius 1 is 1.50 bits per heavy atom. The Bertz CT molecular complexity index is 559. The summed E-state index contributed by atoms with van der Waals surface area (Å²) in [5.41, 5.74) is 5.07. The Morgan fingerprint density at radius 2 is 2.11 bits per heavy atom. The van der Waals surface area contributed by atoms with Crippen molar-refractivity contribution in [3.05, 3.63) is 23.5 Å². The summed E-state index contributed by atoms with van der Waals surface area (Å²) in [4.78, 5) is -0.220. The lowest BCUT2D eigenvalue weighted by Gasteiger charge is -2.15. The van der Waals surface area contributed by atoms with Crippen LogP contribution >= 0.6 is 0 Å². The molecule has 0 bridgehead atoms. The van der Waals surface area contributed by atoms with Gasteiger partial charge in [-0.3, -0.25) is 0 Å². The van der Waals surface area contributed by atoms with Crippen LogP contribution in [0.2, 0.25) is 0 Å². The molecule has 2 rings (SSSR count). The van der Waals surface area contributed by atoms with Crippen LogP contribution in [0.25, 0.3) is 0 Å². The molecule has 1 aromatic carbocycles. The van der Waals surface area contributed by atoms with E-state index in [2.05, 4.69) is 4.72 Å². The first kappa shape index (κ1) is 13.3. The monoisotopic (exact) mass is 274 g/mol. The van der Waals surface area contributed by atoms with Gasteiger partial charge in [0.1, 0.15) is 5.82 Å². The van der Waals surface area contributed by atoms with E-state index in [0.29, 0.717) is 12.8 Å². The molecule has 0 radical (unpaired) electrons. The molecule has 0 spiro atoms. The number of nitrogens with two attached hydrogens (primary N) is 1. The largest absolute Gasteiger partial charge is 0.398 e. The van der Waals surface area contributed by atoms with E-state index >= 15 is 0 Å². The van der Waals surface area contributed by atoms with Gasteiger partial charge in [-0.1, -0.05) is 0 Å². The number of nitrogen functional groups attached to an aromatic ring is 1. The average molecular weight is 274 g/mol. The summed E-state index contributed by atoms with van der Waals surface area (Å²) in [6.45, 7) is 1.21. The van der Waals surface area contributed by atoms with Gasteiger partial charge in [0.15, 0.2) is 0 Å². The Hall–Kier alpha value is -1.18. The third-order valence-electron chi connectivity index (χ3n) is 3.18. The predicted molar refractivity (Wildman–Crippen MR) is 64.9 cm³/mol. The molecule has 1 aliphatic rings. The van der Waals surface area contributed by atoms with E-state index < -0.39 is 21.4 Å². The van der Waals surface area contributed by atoms with Crippen molar-refractivity contribution in [2.45, 2.75) is 30.2 Å². The number of halogens is 1. The normalized spacial score (nSPS) is 17.7. The molecular weight excluding hydrogens is 259 g/mol. The first-order chi connectivity index (χ1) is 8.30. The second kappa shape index (κ2) is 4.18. The van der Waals surface area contributed by atoms with E-state index in [1.165, 1.54) is 13.0 Å². The van der Waals surface area contributed by atoms with E-state index in [1.807, 2.05) is 0 Å². The molecule has 0 amide bonds. The molecule has 1 aliphatic carbocycles. The first-order valence-corrected chi connectivity index (χ1v) is 6.98. The topological polar surface area (TPSA) is 92.4 Å². The van der Waals surface area contributed by atoms with Crippen LogP contribution in [-0.4, -0.2) is 25.7 Å². The quantitative estimate of drug-likeness (QED) is 0.698. The Balaban J connectivity index is 2.36. The van der Waals surface area contributed by atoms with Gasteiger partial charge in [0.05, 0.1) is 17.0 Å². The maximum atomic E-state index is 13.5. The highest BCUT2D eigenvalue weighted by Crippen LogP contribution is 2.36. The molecule has 4 N–H and O–H groups in total. The third-order valence-corrected chi connectivity index (χ3v) is 4.73. The van der Waals surface area contributed by atoms with E-state index in [0.717, 1.165) is 6.07 Å². The second-order valence-corrected chi connectivity index (χ2v) is 6.35. The molecule has 7 heteroatoms. The fourth-order valence-electron chi connectivity index (χ4n) is 1.62. The van der Waals surface area contributed by atoms with E-state index in [-0.39, 0.29) is 22.8 Å². The number of hydrogen-bond acceptors (Lipinski definition) is 4. The van der Waals surface area contributed by atoms with Crippen molar-refractivity contribution >= 4 is 15.7 Å². The van der Waals surface area contributed by atoms with E-state index in [4.69, 9.17) is 10.8 Å². The highest BCUT2D eigenvalue weighted by molar-refractivity contribution is 7.89. The molecule has 0 heterocycles. The number of anilines is 1. The zero-order valence-corrected chi connectivity index (χ0v) is 10.7. The van der Waals surface area contributed by atoms with Crippen LogP contribution in [-0.2, 0) is 10.0 Å². The fourth-order valence-corrected chi connectivity index (χ4v) is 3.11. The minimum atomic E-state index is -3.86. The minimum Gasteiger partial charge on any atom is -0.398 e.